The van der Waals surface area contributed by atoms with E-state index in [2.05, 4.69) is 5.32 Å². The van der Waals surface area contributed by atoms with Crippen molar-refractivity contribution < 1.29 is 19.1 Å². The number of carbonyl (C=O) groups excluding carboxylic acids is 2. The van der Waals surface area contributed by atoms with Crippen molar-refractivity contribution in [1.29, 1.82) is 0 Å². The highest BCUT2D eigenvalue weighted by atomic mass is 35.5. The summed E-state index contributed by atoms with van der Waals surface area (Å²) in [6.07, 6.45) is 0.597. The van der Waals surface area contributed by atoms with Crippen LogP contribution >= 0.6 is 23.8 Å². The van der Waals surface area contributed by atoms with E-state index in [1.807, 2.05) is 29.2 Å². The van der Waals surface area contributed by atoms with Crippen LogP contribution in [0.25, 0.3) is 0 Å². The molecule has 0 saturated carbocycles. The summed E-state index contributed by atoms with van der Waals surface area (Å²) in [5.74, 6) is 0.912. The monoisotopic (exact) mass is 523 g/mol. The third kappa shape index (κ3) is 5.78. The van der Waals surface area contributed by atoms with Crippen molar-refractivity contribution in [3.63, 3.8) is 0 Å². The van der Waals surface area contributed by atoms with Gasteiger partial charge in [-0.05, 0) is 84.9 Å². The number of thiocarbonyl (C=S) groups is 1. The number of benzene rings is 3. The number of halogens is 1. The summed E-state index contributed by atoms with van der Waals surface area (Å²) in [6.45, 7) is 0.475. The molecule has 0 aromatic heterocycles. The molecule has 1 fully saturated rings. The van der Waals surface area contributed by atoms with Crippen LogP contribution in [0.3, 0.4) is 0 Å². The molecule has 9 heteroatoms. The van der Waals surface area contributed by atoms with E-state index in [4.69, 9.17) is 33.3 Å². The molecule has 2 amide bonds. The van der Waals surface area contributed by atoms with Crippen molar-refractivity contribution in [1.82, 2.24) is 4.90 Å². The summed E-state index contributed by atoms with van der Waals surface area (Å²) >= 11 is 11.7. The third-order valence-corrected chi connectivity index (χ3v) is 6.63. The van der Waals surface area contributed by atoms with E-state index in [0.717, 1.165) is 11.3 Å². The second kappa shape index (κ2) is 11.4. The Hall–Kier alpha value is -3.62. The second-order valence-electron chi connectivity index (χ2n) is 8.22. The standard InChI is InChI=1S/C27H26ClN3O4S/c1-34-22-11-3-18(4-12-22)15-16-30-24(17-25(32)29-20-7-5-19(28)6-8-20)26(33)31(27(30)36)21-9-13-23(35-2)14-10-21/h3-14,24H,15-17H2,1-2H3,(H,29,32). The number of amides is 2. The van der Waals surface area contributed by atoms with Gasteiger partial charge >= 0.3 is 0 Å². The highest BCUT2D eigenvalue weighted by Gasteiger charge is 2.43. The molecule has 7 nitrogen and oxygen atoms in total. The Kier molecular flexibility index (Phi) is 8.07. The van der Waals surface area contributed by atoms with Crippen molar-refractivity contribution in [3.8, 4) is 11.5 Å². The summed E-state index contributed by atoms with van der Waals surface area (Å²) in [7, 11) is 3.20. The molecule has 1 heterocycles. The van der Waals surface area contributed by atoms with E-state index < -0.39 is 6.04 Å². The van der Waals surface area contributed by atoms with Crippen LogP contribution in [0.5, 0.6) is 11.5 Å². The van der Waals surface area contributed by atoms with Crippen molar-refractivity contribution >= 4 is 52.1 Å². The number of anilines is 2. The van der Waals surface area contributed by atoms with Crippen molar-refractivity contribution in [2.24, 2.45) is 0 Å². The molecule has 3 aromatic rings. The number of nitrogens with one attached hydrogen (secondary N) is 1. The summed E-state index contributed by atoms with van der Waals surface area (Å²) < 4.78 is 10.5. The van der Waals surface area contributed by atoms with E-state index in [1.165, 1.54) is 4.90 Å². The number of methoxy groups -OCH3 is 2. The number of nitrogens with zero attached hydrogens (tertiary/aromatic N) is 2. The Balaban J connectivity index is 1.54. The average molecular weight is 524 g/mol. The van der Waals surface area contributed by atoms with Crippen LogP contribution in [0.15, 0.2) is 72.8 Å². The molecule has 0 aliphatic carbocycles. The molecular formula is C27H26ClN3O4S. The predicted molar refractivity (Wildman–Crippen MR) is 145 cm³/mol. The van der Waals surface area contributed by atoms with Crippen molar-refractivity contribution in [2.45, 2.75) is 18.9 Å². The summed E-state index contributed by atoms with van der Waals surface area (Å²) in [6, 6.07) is 20.9. The first-order valence-corrected chi connectivity index (χ1v) is 12.1. The quantitative estimate of drug-likeness (QED) is 0.401. The van der Waals surface area contributed by atoms with Gasteiger partial charge in [-0.25, -0.2) is 0 Å². The van der Waals surface area contributed by atoms with Crippen molar-refractivity contribution in [3.05, 3.63) is 83.4 Å². The van der Waals surface area contributed by atoms with Gasteiger partial charge in [-0.15, -0.1) is 0 Å². The molecule has 3 aromatic carbocycles. The van der Waals surface area contributed by atoms with E-state index in [1.54, 1.807) is 62.8 Å². The molecule has 1 aliphatic rings. The maximum Gasteiger partial charge on any atom is 0.256 e. The van der Waals surface area contributed by atoms with Gasteiger partial charge in [-0.1, -0.05) is 23.7 Å². The van der Waals surface area contributed by atoms with Crippen LogP contribution in [0.2, 0.25) is 5.02 Å². The second-order valence-corrected chi connectivity index (χ2v) is 9.02. The minimum absolute atomic E-state index is 0.0448. The molecule has 4 rings (SSSR count). The molecule has 1 aliphatic heterocycles. The lowest BCUT2D eigenvalue weighted by molar-refractivity contribution is -0.124. The van der Waals surface area contributed by atoms with Gasteiger partial charge in [-0.3, -0.25) is 14.5 Å². The summed E-state index contributed by atoms with van der Waals surface area (Å²) in [4.78, 5) is 29.8. The number of carbonyl (C=O) groups is 2. The highest BCUT2D eigenvalue weighted by Crippen LogP contribution is 2.29. The van der Waals surface area contributed by atoms with E-state index in [-0.39, 0.29) is 18.2 Å². The molecule has 1 saturated heterocycles. The Labute approximate surface area is 220 Å². The average Bonchev–Trinajstić information content (AvgIpc) is 3.12. The lowest BCUT2D eigenvalue weighted by Crippen LogP contribution is -2.39. The van der Waals surface area contributed by atoms with Gasteiger partial charge in [0.05, 0.1) is 26.3 Å². The SMILES string of the molecule is COc1ccc(CCN2C(=S)N(c3ccc(OC)cc3)C(=O)C2CC(=O)Nc2ccc(Cl)cc2)cc1. The van der Waals surface area contributed by atoms with Crippen LogP contribution in [0.1, 0.15) is 12.0 Å². The maximum atomic E-state index is 13.6. The fourth-order valence-corrected chi connectivity index (χ4v) is 4.56. The van der Waals surface area contributed by atoms with Gasteiger partial charge in [0.1, 0.15) is 17.5 Å². The molecular weight excluding hydrogens is 498 g/mol. The third-order valence-electron chi connectivity index (χ3n) is 5.96. The highest BCUT2D eigenvalue weighted by molar-refractivity contribution is 7.80. The largest absolute Gasteiger partial charge is 0.497 e. The first kappa shape index (κ1) is 25.5. The Bertz CT molecular complexity index is 1230. The van der Waals surface area contributed by atoms with Crippen molar-refractivity contribution in [2.75, 3.05) is 31.0 Å². The molecule has 1 unspecified atom stereocenters. The van der Waals surface area contributed by atoms with Crippen LogP contribution in [0.4, 0.5) is 11.4 Å². The van der Waals surface area contributed by atoms with E-state index in [0.29, 0.717) is 40.2 Å². The van der Waals surface area contributed by atoms with Crippen LogP contribution in [0, 0.1) is 0 Å². The van der Waals surface area contributed by atoms with Gasteiger partial charge in [0.15, 0.2) is 5.11 Å². The molecule has 0 bridgehead atoms. The summed E-state index contributed by atoms with van der Waals surface area (Å²) in [5, 5.41) is 3.78. The topological polar surface area (TPSA) is 71.1 Å². The zero-order valence-corrected chi connectivity index (χ0v) is 21.5. The van der Waals surface area contributed by atoms with Gasteiger partial charge < -0.3 is 19.7 Å². The molecule has 0 radical (unpaired) electrons. The van der Waals surface area contributed by atoms with Crippen LogP contribution in [-0.4, -0.2) is 48.6 Å². The van der Waals surface area contributed by atoms with Crippen LogP contribution < -0.4 is 19.7 Å². The predicted octanol–water partition coefficient (Wildman–Crippen LogP) is 4.93. The molecule has 0 spiro atoms. The van der Waals surface area contributed by atoms with Crippen LogP contribution in [-0.2, 0) is 16.0 Å². The Morgan fingerprint density at radius 1 is 0.944 bits per heavy atom. The number of hydrogen-bond acceptors (Lipinski definition) is 5. The number of rotatable bonds is 9. The normalized spacial score (nSPS) is 15.2. The Morgan fingerprint density at radius 2 is 1.53 bits per heavy atom. The fourth-order valence-electron chi connectivity index (χ4n) is 4.02. The molecule has 1 N–H and O–H groups in total. The maximum absolute atomic E-state index is 13.6. The van der Waals surface area contributed by atoms with Gasteiger partial charge in [-0.2, -0.15) is 0 Å². The number of ether oxygens (including phenoxy) is 2. The smallest absolute Gasteiger partial charge is 0.256 e. The lowest BCUT2D eigenvalue weighted by Gasteiger charge is -2.24. The summed E-state index contributed by atoms with van der Waals surface area (Å²) in [5.41, 5.74) is 2.30. The van der Waals surface area contributed by atoms with Gasteiger partial charge in [0.25, 0.3) is 5.91 Å². The molecule has 36 heavy (non-hydrogen) atoms. The zero-order valence-electron chi connectivity index (χ0n) is 19.9. The minimum atomic E-state index is -0.731. The first-order chi connectivity index (χ1) is 17.4. The zero-order chi connectivity index (χ0) is 25.7. The van der Waals surface area contributed by atoms with E-state index >= 15 is 0 Å². The molecule has 186 valence electrons. The Morgan fingerprint density at radius 3 is 2.11 bits per heavy atom. The van der Waals surface area contributed by atoms with Gasteiger partial charge in [0.2, 0.25) is 5.91 Å². The first-order valence-electron chi connectivity index (χ1n) is 11.4. The number of hydrogen-bond donors (Lipinski definition) is 1. The fraction of sp³-hybridized carbons (Fsp3) is 0.222. The van der Waals surface area contributed by atoms with E-state index in [9.17, 15) is 9.59 Å². The van der Waals surface area contributed by atoms with Gasteiger partial charge in [0, 0.05) is 17.3 Å². The minimum Gasteiger partial charge on any atom is -0.497 e. The molecule has 1 atom stereocenters. The lowest BCUT2D eigenvalue weighted by atomic mass is 10.1.